The molecule has 3 fully saturated rings. The third-order valence-electron chi connectivity index (χ3n) is 8.39. The molecule has 3 aliphatic rings. The van der Waals surface area contributed by atoms with Crippen molar-refractivity contribution in [2.45, 2.75) is 31.1 Å². The first-order chi connectivity index (χ1) is 19.8. The van der Waals surface area contributed by atoms with Crippen LogP contribution in [-0.4, -0.2) is 84.9 Å². The van der Waals surface area contributed by atoms with Gasteiger partial charge in [0.1, 0.15) is 0 Å². The molecule has 3 heterocycles. The van der Waals surface area contributed by atoms with E-state index in [4.69, 9.17) is 4.74 Å². The molecule has 3 saturated heterocycles. The second kappa shape index (κ2) is 11.3. The maximum Gasteiger partial charge on any atom is 0.416 e. The van der Waals surface area contributed by atoms with Crippen molar-refractivity contribution in [3.8, 4) is 0 Å². The Balaban J connectivity index is 1.39. The minimum absolute atomic E-state index is 0.0270. The number of hydrogen-bond donors (Lipinski definition) is 0. The SMILES string of the molecule is O=C(c1cc(C(F)(F)F)cc(C(F)(F)F)c1)N1CCC2(CC1)C(=O)N(CCN1CCOCC1)C(=O)C2c1ccccc1. The summed E-state index contributed by atoms with van der Waals surface area (Å²) in [6.45, 7) is 2.87. The van der Waals surface area contributed by atoms with Crippen LogP contribution in [0, 0.1) is 5.41 Å². The number of rotatable bonds is 5. The van der Waals surface area contributed by atoms with Gasteiger partial charge in [-0.05, 0) is 36.6 Å². The summed E-state index contributed by atoms with van der Waals surface area (Å²) in [5, 5.41) is 0. The summed E-state index contributed by atoms with van der Waals surface area (Å²) in [5.41, 5.74) is -4.45. The van der Waals surface area contributed by atoms with Crippen LogP contribution in [0.25, 0.3) is 0 Å². The zero-order chi connectivity index (χ0) is 30.3. The number of likely N-dealkylation sites (tertiary alicyclic amines) is 2. The summed E-state index contributed by atoms with van der Waals surface area (Å²) in [6, 6.07) is 9.58. The molecule has 13 heteroatoms. The Bertz CT molecular complexity index is 1300. The van der Waals surface area contributed by atoms with E-state index in [1.54, 1.807) is 30.3 Å². The Morgan fingerprint density at radius 2 is 1.40 bits per heavy atom. The largest absolute Gasteiger partial charge is 0.416 e. The average Bonchev–Trinajstić information content (AvgIpc) is 3.16. The molecule has 0 saturated carbocycles. The second-order valence-corrected chi connectivity index (χ2v) is 10.8. The first-order valence-electron chi connectivity index (χ1n) is 13.6. The molecule has 0 aromatic heterocycles. The van der Waals surface area contributed by atoms with E-state index in [0.717, 1.165) is 4.90 Å². The van der Waals surface area contributed by atoms with Gasteiger partial charge in [0.15, 0.2) is 0 Å². The van der Waals surface area contributed by atoms with Crippen molar-refractivity contribution in [3.05, 3.63) is 70.8 Å². The zero-order valence-electron chi connectivity index (χ0n) is 22.5. The summed E-state index contributed by atoms with van der Waals surface area (Å²) in [5.74, 6) is -2.55. The molecule has 0 radical (unpaired) electrons. The number of nitrogens with zero attached hydrogens (tertiary/aromatic N) is 3. The lowest BCUT2D eigenvalue weighted by Crippen LogP contribution is -2.49. The predicted molar refractivity (Wildman–Crippen MR) is 137 cm³/mol. The summed E-state index contributed by atoms with van der Waals surface area (Å²) in [6.07, 6.45) is -10.1. The number of amides is 3. The fourth-order valence-electron chi connectivity index (χ4n) is 6.14. The van der Waals surface area contributed by atoms with E-state index in [1.807, 2.05) is 0 Å². The topological polar surface area (TPSA) is 70.2 Å². The first kappa shape index (κ1) is 30.0. The van der Waals surface area contributed by atoms with Gasteiger partial charge < -0.3 is 9.64 Å². The Kier molecular flexibility index (Phi) is 8.10. The Morgan fingerprint density at radius 3 is 1.95 bits per heavy atom. The number of alkyl halides is 6. The van der Waals surface area contributed by atoms with Gasteiger partial charge in [0.25, 0.3) is 5.91 Å². The van der Waals surface area contributed by atoms with Gasteiger partial charge in [-0.3, -0.25) is 24.2 Å². The molecule has 3 amide bonds. The second-order valence-electron chi connectivity index (χ2n) is 10.8. The van der Waals surface area contributed by atoms with Crippen molar-refractivity contribution < 1.29 is 45.5 Å². The molecular weight excluding hydrogens is 568 g/mol. The van der Waals surface area contributed by atoms with Gasteiger partial charge in [0, 0.05) is 44.8 Å². The lowest BCUT2D eigenvalue weighted by atomic mass is 9.67. The number of carbonyl (C=O) groups is 3. The van der Waals surface area contributed by atoms with E-state index in [0.29, 0.717) is 50.5 Å². The Morgan fingerprint density at radius 1 is 0.833 bits per heavy atom. The van der Waals surface area contributed by atoms with Gasteiger partial charge >= 0.3 is 12.4 Å². The number of halogens is 6. The van der Waals surface area contributed by atoms with Crippen LogP contribution >= 0.6 is 0 Å². The molecular formula is C29H29F6N3O4. The van der Waals surface area contributed by atoms with Crippen LogP contribution in [0.3, 0.4) is 0 Å². The smallest absolute Gasteiger partial charge is 0.379 e. The van der Waals surface area contributed by atoms with E-state index < -0.39 is 46.3 Å². The minimum atomic E-state index is -5.09. The van der Waals surface area contributed by atoms with E-state index in [9.17, 15) is 40.7 Å². The van der Waals surface area contributed by atoms with Gasteiger partial charge in [-0.25, -0.2) is 0 Å². The zero-order valence-corrected chi connectivity index (χ0v) is 22.5. The first-order valence-corrected chi connectivity index (χ1v) is 13.6. The number of ether oxygens (including phenoxy) is 1. The van der Waals surface area contributed by atoms with Crippen LogP contribution in [0.1, 0.15) is 45.8 Å². The molecule has 42 heavy (non-hydrogen) atoms. The van der Waals surface area contributed by atoms with E-state index in [1.165, 1.54) is 4.90 Å². The fourth-order valence-corrected chi connectivity index (χ4v) is 6.14. The maximum atomic E-state index is 13.9. The minimum Gasteiger partial charge on any atom is -0.379 e. The molecule has 5 rings (SSSR count). The lowest BCUT2D eigenvalue weighted by molar-refractivity contribution is -0.144. The highest BCUT2D eigenvalue weighted by Crippen LogP contribution is 2.51. The molecule has 7 nitrogen and oxygen atoms in total. The van der Waals surface area contributed by atoms with Gasteiger partial charge in [0.2, 0.25) is 11.8 Å². The third-order valence-corrected chi connectivity index (χ3v) is 8.39. The molecule has 1 unspecified atom stereocenters. The van der Waals surface area contributed by atoms with Gasteiger partial charge in [0.05, 0.1) is 35.7 Å². The highest BCUT2D eigenvalue weighted by molar-refractivity contribution is 6.10. The van der Waals surface area contributed by atoms with Gasteiger partial charge in [-0.15, -0.1) is 0 Å². The standard InChI is InChI=1S/C29H29F6N3O4/c30-28(31,32)21-16-20(17-22(18-21)29(33,34)35)24(39)37-8-6-27(7-9-37)23(19-4-2-1-3-5-19)25(40)38(26(27)41)11-10-36-12-14-42-15-13-36/h1-5,16-18,23H,6-15H2. The quantitative estimate of drug-likeness (QED) is 0.377. The lowest BCUT2D eigenvalue weighted by Gasteiger charge is -2.40. The summed E-state index contributed by atoms with van der Waals surface area (Å²) in [4.78, 5) is 45.4. The maximum absolute atomic E-state index is 13.9. The molecule has 0 N–H and O–H groups in total. The Labute approximate surface area is 238 Å². The van der Waals surface area contributed by atoms with Gasteiger partial charge in [-0.2, -0.15) is 26.3 Å². The molecule has 3 aliphatic heterocycles. The van der Waals surface area contributed by atoms with Crippen LogP contribution in [0.15, 0.2) is 48.5 Å². The van der Waals surface area contributed by atoms with Crippen molar-refractivity contribution in [2.24, 2.45) is 5.41 Å². The van der Waals surface area contributed by atoms with Crippen LogP contribution in [0.5, 0.6) is 0 Å². The number of benzene rings is 2. The van der Waals surface area contributed by atoms with E-state index in [-0.39, 0.29) is 50.4 Å². The Hall–Kier alpha value is -3.45. The molecule has 2 aromatic carbocycles. The van der Waals surface area contributed by atoms with Crippen molar-refractivity contribution in [1.82, 2.24) is 14.7 Å². The summed E-state index contributed by atoms with van der Waals surface area (Å²) in [7, 11) is 0. The third kappa shape index (κ3) is 5.76. The van der Waals surface area contributed by atoms with E-state index >= 15 is 0 Å². The van der Waals surface area contributed by atoms with Crippen LogP contribution in [0.4, 0.5) is 26.3 Å². The highest BCUT2D eigenvalue weighted by atomic mass is 19.4. The number of morpholine rings is 1. The number of carbonyl (C=O) groups excluding carboxylic acids is 3. The van der Waals surface area contributed by atoms with Gasteiger partial charge in [-0.1, -0.05) is 30.3 Å². The monoisotopic (exact) mass is 597 g/mol. The number of hydrogen-bond acceptors (Lipinski definition) is 5. The van der Waals surface area contributed by atoms with E-state index in [2.05, 4.69) is 4.90 Å². The normalized spacial score (nSPS) is 21.8. The van der Waals surface area contributed by atoms with Crippen molar-refractivity contribution in [3.63, 3.8) is 0 Å². The number of piperidine rings is 1. The van der Waals surface area contributed by atoms with Crippen LogP contribution in [0.2, 0.25) is 0 Å². The predicted octanol–water partition coefficient (Wildman–Crippen LogP) is 4.43. The molecule has 0 bridgehead atoms. The molecule has 1 spiro atoms. The molecule has 0 aliphatic carbocycles. The van der Waals surface area contributed by atoms with Crippen molar-refractivity contribution >= 4 is 17.7 Å². The average molecular weight is 598 g/mol. The van der Waals surface area contributed by atoms with Crippen LogP contribution in [-0.2, 0) is 26.7 Å². The number of imide groups is 1. The van der Waals surface area contributed by atoms with Crippen LogP contribution < -0.4 is 0 Å². The van der Waals surface area contributed by atoms with Crippen molar-refractivity contribution in [2.75, 3.05) is 52.5 Å². The molecule has 1 atom stereocenters. The van der Waals surface area contributed by atoms with Crippen molar-refractivity contribution in [1.29, 1.82) is 0 Å². The fraction of sp³-hybridized carbons (Fsp3) is 0.483. The molecule has 226 valence electrons. The summed E-state index contributed by atoms with van der Waals surface area (Å²) >= 11 is 0. The molecule has 2 aromatic rings. The summed E-state index contributed by atoms with van der Waals surface area (Å²) < 4.78 is 85.6. The highest BCUT2D eigenvalue weighted by Gasteiger charge is 2.60.